The average Bonchev–Trinajstić information content (AvgIpc) is 3.05. The molecule has 0 saturated heterocycles. The molecule has 2 N–H and O–H groups in total. The second kappa shape index (κ2) is 8.23. The molecule has 25 heavy (non-hydrogen) atoms. The molecule has 0 radical (unpaired) electrons. The van der Waals surface area contributed by atoms with Gasteiger partial charge in [-0.3, -0.25) is 9.69 Å². The zero-order valence-electron chi connectivity index (χ0n) is 15.0. The molecule has 0 amide bonds. The number of aromatic nitrogens is 1. The van der Waals surface area contributed by atoms with Crippen LogP contribution in [0.5, 0.6) is 0 Å². The minimum atomic E-state index is -0.174. The summed E-state index contributed by atoms with van der Waals surface area (Å²) in [5, 5.41) is 0. The van der Waals surface area contributed by atoms with E-state index in [1.54, 1.807) is 12.3 Å². The summed E-state index contributed by atoms with van der Waals surface area (Å²) in [5.74, 6) is 0.905. The number of carbonyl (C=O) groups excluding carboxylic acids is 1. The normalized spacial score (nSPS) is 18.4. The van der Waals surface area contributed by atoms with Crippen LogP contribution in [0.15, 0.2) is 30.4 Å². The summed E-state index contributed by atoms with van der Waals surface area (Å²) < 4.78 is 5.68. The topological polar surface area (TPSA) is 71.7 Å². The number of nitrogen functional groups attached to an aromatic ring is 1. The molecule has 1 aromatic rings. The van der Waals surface area contributed by atoms with E-state index in [0.717, 1.165) is 18.5 Å². The van der Waals surface area contributed by atoms with Crippen molar-refractivity contribution in [2.24, 2.45) is 0 Å². The molecular weight excluding hydrogens is 316 g/mol. The molecule has 1 aliphatic carbocycles. The van der Waals surface area contributed by atoms with Gasteiger partial charge in [-0.1, -0.05) is 32.6 Å². The first-order valence-electron chi connectivity index (χ1n) is 9.34. The number of rotatable bonds is 6. The van der Waals surface area contributed by atoms with Gasteiger partial charge in [0.15, 0.2) is 0 Å². The lowest BCUT2D eigenvalue weighted by atomic mass is 9.95. The molecule has 0 aromatic carbocycles. The number of ether oxygens (including phenoxy) is 1. The van der Waals surface area contributed by atoms with Crippen molar-refractivity contribution in [2.75, 3.05) is 17.3 Å². The molecule has 1 saturated carbocycles. The van der Waals surface area contributed by atoms with E-state index < -0.39 is 0 Å². The molecule has 1 aromatic heterocycles. The first kappa shape index (κ1) is 17.6. The third-order valence-corrected chi connectivity index (χ3v) is 4.93. The number of hydrogen-bond acceptors (Lipinski definition) is 6. The quantitative estimate of drug-likeness (QED) is 0.795. The van der Waals surface area contributed by atoms with Crippen molar-refractivity contribution in [3.8, 4) is 0 Å². The highest BCUT2D eigenvalue weighted by atomic mass is 16.6. The van der Waals surface area contributed by atoms with Crippen LogP contribution in [0.25, 0.3) is 0 Å². The maximum atomic E-state index is 12.1. The molecule has 3 rings (SSSR count). The SMILES string of the molecule is CCCCC(=O)OC1=CN(C2CCCCC2)CN1c1ccc(N)nc1. The van der Waals surface area contributed by atoms with Gasteiger partial charge in [-0.25, -0.2) is 4.98 Å². The predicted molar refractivity (Wildman–Crippen MR) is 98.4 cm³/mol. The van der Waals surface area contributed by atoms with E-state index in [2.05, 4.69) is 16.8 Å². The van der Waals surface area contributed by atoms with Gasteiger partial charge in [0.05, 0.1) is 24.8 Å². The second-order valence-electron chi connectivity index (χ2n) is 6.86. The van der Waals surface area contributed by atoms with E-state index in [1.807, 2.05) is 17.2 Å². The molecule has 2 heterocycles. The van der Waals surface area contributed by atoms with E-state index in [1.165, 1.54) is 32.1 Å². The van der Waals surface area contributed by atoms with E-state index in [0.29, 0.717) is 30.8 Å². The van der Waals surface area contributed by atoms with Crippen molar-refractivity contribution in [3.05, 3.63) is 30.4 Å². The fraction of sp³-hybridized carbons (Fsp3) is 0.579. The molecule has 136 valence electrons. The molecule has 0 atom stereocenters. The van der Waals surface area contributed by atoms with Crippen LogP contribution in [0.2, 0.25) is 0 Å². The third-order valence-electron chi connectivity index (χ3n) is 4.93. The van der Waals surface area contributed by atoms with Crippen molar-refractivity contribution in [1.82, 2.24) is 9.88 Å². The maximum Gasteiger partial charge on any atom is 0.312 e. The van der Waals surface area contributed by atoms with Crippen LogP contribution in [0.3, 0.4) is 0 Å². The second-order valence-corrected chi connectivity index (χ2v) is 6.86. The maximum absolute atomic E-state index is 12.1. The number of nitrogens with zero attached hydrogens (tertiary/aromatic N) is 3. The fourth-order valence-electron chi connectivity index (χ4n) is 3.46. The Morgan fingerprint density at radius 3 is 2.80 bits per heavy atom. The van der Waals surface area contributed by atoms with Crippen molar-refractivity contribution in [1.29, 1.82) is 0 Å². The lowest BCUT2D eigenvalue weighted by molar-refractivity contribution is -0.139. The van der Waals surface area contributed by atoms with Gasteiger partial charge in [0, 0.05) is 12.5 Å². The summed E-state index contributed by atoms with van der Waals surface area (Å²) in [4.78, 5) is 20.6. The van der Waals surface area contributed by atoms with Crippen molar-refractivity contribution in [3.63, 3.8) is 0 Å². The van der Waals surface area contributed by atoms with E-state index in [9.17, 15) is 4.79 Å². The zero-order chi connectivity index (χ0) is 17.6. The Balaban J connectivity index is 1.75. The summed E-state index contributed by atoms with van der Waals surface area (Å²) in [6.45, 7) is 2.76. The van der Waals surface area contributed by atoms with Gasteiger partial charge in [-0.05, 0) is 31.4 Å². The van der Waals surface area contributed by atoms with E-state index in [-0.39, 0.29) is 5.97 Å². The standard InChI is InChI=1S/C19H28N4O2/c1-2-3-9-19(24)25-18-13-22(15-7-5-4-6-8-15)14-23(18)16-10-11-17(20)21-12-16/h10-13,15H,2-9,14H2,1H3,(H2,20,21). The van der Waals surface area contributed by atoms with Crippen LogP contribution in [0.1, 0.15) is 58.3 Å². The highest BCUT2D eigenvalue weighted by Gasteiger charge is 2.30. The highest BCUT2D eigenvalue weighted by Crippen LogP contribution is 2.31. The summed E-state index contributed by atoms with van der Waals surface area (Å²) in [7, 11) is 0. The van der Waals surface area contributed by atoms with Gasteiger partial charge in [-0.15, -0.1) is 0 Å². The van der Waals surface area contributed by atoms with Crippen molar-refractivity contribution < 1.29 is 9.53 Å². The van der Waals surface area contributed by atoms with Crippen LogP contribution in [0.4, 0.5) is 11.5 Å². The largest absolute Gasteiger partial charge is 0.408 e. The van der Waals surface area contributed by atoms with Crippen LogP contribution in [0, 0.1) is 0 Å². The van der Waals surface area contributed by atoms with E-state index >= 15 is 0 Å². The van der Waals surface area contributed by atoms with Crippen LogP contribution < -0.4 is 10.6 Å². The third kappa shape index (κ3) is 4.44. The number of carbonyl (C=O) groups is 1. The van der Waals surface area contributed by atoms with Crippen LogP contribution >= 0.6 is 0 Å². The Bertz CT molecular complexity index is 608. The molecule has 0 unspecified atom stereocenters. The first-order chi connectivity index (χ1) is 12.2. The number of unbranched alkanes of at least 4 members (excludes halogenated alkanes) is 1. The minimum Gasteiger partial charge on any atom is -0.408 e. The molecule has 6 nitrogen and oxygen atoms in total. The molecule has 0 bridgehead atoms. The summed E-state index contributed by atoms with van der Waals surface area (Å²) in [6.07, 6.45) is 12.2. The number of esters is 1. The van der Waals surface area contributed by atoms with Crippen LogP contribution in [-0.4, -0.2) is 28.6 Å². The molecule has 2 aliphatic rings. The Morgan fingerprint density at radius 1 is 1.32 bits per heavy atom. The number of pyridine rings is 1. The van der Waals surface area contributed by atoms with E-state index in [4.69, 9.17) is 10.5 Å². The highest BCUT2D eigenvalue weighted by molar-refractivity contribution is 5.71. The lowest BCUT2D eigenvalue weighted by Crippen LogP contribution is -2.36. The number of anilines is 2. The predicted octanol–water partition coefficient (Wildman–Crippen LogP) is 3.61. The van der Waals surface area contributed by atoms with Gasteiger partial charge in [-0.2, -0.15) is 0 Å². The average molecular weight is 344 g/mol. The van der Waals surface area contributed by atoms with Gasteiger partial charge in [0.1, 0.15) is 5.82 Å². The van der Waals surface area contributed by atoms with Gasteiger partial charge >= 0.3 is 5.97 Å². The Labute approximate surface area is 149 Å². The molecule has 1 fully saturated rings. The summed E-state index contributed by atoms with van der Waals surface area (Å²) in [6, 6.07) is 4.21. The Hall–Kier alpha value is -2.24. The first-order valence-corrected chi connectivity index (χ1v) is 9.34. The van der Waals surface area contributed by atoms with Gasteiger partial charge < -0.3 is 15.4 Å². The van der Waals surface area contributed by atoms with Crippen LogP contribution in [-0.2, 0) is 9.53 Å². The molecule has 0 spiro atoms. The number of hydrogen-bond donors (Lipinski definition) is 1. The Kier molecular flexibility index (Phi) is 5.79. The monoisotopic (exact) mass is 344 g/mol. The molecular formula is C19H28N4O2. The van der Waals surface area contributed by atoms with Gasteiger partial charge in [0.2, 0.25) is 5.88 Å². The summed E-state index contributed by atoms with van der Waals surface area (Å²) in [5.41, 5.74) is 6.59. The molecule has 6 heteroatoms. The fourth-order valence-corrected chi connectivity index (χ4v) is 3.46. The lowest BCUT2D eigenvalue weighted by Gasteiger charge is -2.32. The zero-order valence-corrected chi connectivity index (χ0v) is 15.0. The minimum absolute atomic E-state index is 0.174. The Morgan fingerprint density at radius 2 is 2.12 bits per heavy atom. The smallest absolute Gasteiger partial charge is 0.312 e. The van der Waals surface area contributed by atoms with Crippen molar-refractivity contribution in [2.45, 2.75) is 64.3 Å². The summed E-state index contributed by atoms with van der Waals surface area (Å²) >= 11 is 0. The van der Waals surface area contributed by atoms with Crippen molar-refractivity contribution >= 4 is 17.5 Å². The molecule has 1 aliphatic heterocycles. The number of nitrogens with two attached hydrogens (primary N) is 1. The van der Waals surface area contributed by atoms with Gasteiger partial charge in [0.25, 0.3) is 0 Å².